The number of carbonyl (C=O) groups excluding carboxylic acids is 1. The number of methoxy groups -OCH3 is 1. The molecular weight excluding hydrogens is 400 g/mol. The third-order valence-electron chi connectivity index (χ3n) is 5.82. The van der Waals surface area contributed by atoms with E-state index in [9.17, 15) is 4.79 Å². The molecule has 4 rings (SSSR count). The minimum atomic E-state index is -0.124. The van der Waals surface area contributed by atoms with Crippen LogP contribution in [-0.4, -0.2) is 49.1 Å². The molecule has 2 heterocycles. The lowest BCUT2D eigenvalue weighted by molar-refractivity contribution is 0.102. The first-order chi connectivity index (χ1) is 15.6. The lowest BCUT2D eigenvalue weighted by Gasteiger charge is -2.23. The number of aryl methyl sites for hydroxylation is 1. The van der Waals surface area contributed by atoms with Crippen LogP contribution in [0.1, 0.15) is 27.9 Å². The number of nitrogens with one attached hydrogen (secondary N) is 1. The van der Waals surface area contributed by atoms with Gasteiger partial charge < -0.3 is 15.0 Å². The van der Waals surface area contributed by atoms with Crippen LogP contribution < -0.4 is 15.0 Å². The molecule has 0 atom stereocenters. The van der Waals surface area contributed by atoms with Crippen LogP contribution in [0.15, 0.2) is 66.9 Å². The second kappa shape index (κ2) is 10.3. The van der Waals surface area contributed by atoms with E-state index in [-0.39, 0.29) is 5.91 Å². The molecule has 0 spiro atoms. The number of aromatic nitrogens is 1. The average Bonchev–Trinajstić information content (AvgIpc) is 3.06. The first-order valence-electron chi connectivity index (χ1n) is 11.1. The number of ether oxygens (including phenoxy) is 1. The zero-order chi connectivity index (χ0) is 22.3. The molecule has 1 saturated heterocycles. The van der Waals surface area contributed by atoms with E-state index in [0.29, 0.717) is 11.3 Å². The molecular formula is C26H30N4O2. The number of carbonyl (C=O) groups is 1. The van der Waals surface area contributed by atoms with Gasteiger partial charge in [-0.3, -0.25) is 9.69 Å². The Kier molecular flexibility index (Phi) is 7.02. The number of amides is 1. The van der Waals surface area contributed by atoms with Crippen LogP contribution in [0, 0.1) is 6.92 Å². The van der Waals surface area contributed by atoms with Gasteiger partial charge in [-0.15, -0.1) is 0 Å². The zero-order valence-corrected chi connectivity index (χ0v) is 18.8. The number of nitrogens with zero attached hydrogens (tertiary/aromatic N) is 3. The van der Waals surface area contributed by atoms with Gasteiger partial charge in [-0.05, 0) is 43.7 Å². The summed E-state index contributed by atoms with van der Waals surface area (Å²) >= 11 is 0. The first kappa shape index (κ1) is 21.8. The van der Waals surface area contributed by atoms with E-state index in [1.165, 1.54) is 5.56 Å². The topological polar surface area (TPSA) is 57.7 Å². The summed E-state index contributed by atoms with van der Waals surface area (Å²) in [5, 5.41) is 2.93. The number of anilines is 2. The van der Waals surface area contributed by atoms with E-state index >= 15 is 0 Å². The molecule has 6 nitrogen and oxygen atoms in total. The lowest BCUT2D eigenvalue weighted by Crippen LogP contribution is -2.31. The second-order valence-corrected chi connectivity index (χ2v) is 8.15. The van der Waals surface area contributed by atoms with Gasteiger partial charge >= 0.3 is 0 Å². The maximum atomic E-state index is 12.4. The number of hydrogen-bond acceptors (Lipinski definition) is 5. The standard InChI is InChI=1S/C26H30N4O2/c1-20-8-10-21(11-9-20)26(31)28-23-12-13-25(27-18-23)30-15-5-14-29(16-17-30)19-22-6-3-4-7-24(22)32-2/h3-4,6-13,18H,5,14-17,19H2,1-2H3,(H,28,31). The maximum absolute atomic E-state index is 12.4. The van der Waals surface area contributed by atoms with Crippen molar-refractivity contribution in [2.75, 3.05) is 43.5 Å². The number of pyridine rings is 1. The van der Waals surface area contributed by atoms with Crippen LogP contribution in [0.5, 0.6) is 5.75 Å². The predicted molar refractivity (Wildman–Crippen MR) is 128 cm³/mol. The van der Waals surface area contributed by atoms with Crippen molar-refractivity contribution in [2.45, 2.75) is 19.9 Å². The van der Waals surface area contributed by atoms with Crippen molar-refractivity contribution in [2.24, 2.45) is 0 Å². The number of hydrogen-bond donors (Lipinski definition) is 1. The highest BCUT2D eigenvalue weighted by atomic mass is 16.5. The predicted octanol–water partition coefficient (Wildman–Crippen LogP) is 4.36. The fourth-order valence-corrected chi connectivity index (χ4v) is 3.99. The Morgan fingerprint density at radius 3 is 2.56 bits per heavy atom. The van der Waals surface area contributed by atoms with Crippen LogP contribution in [-0.2, 0) is 6.54 Å². The number of benzene rings is 2. The molecule has 1 aliphatic rings. The largest absolute Gasteiger partial charge is 0.496 e. The van der Waals surface area contributed by atoms with E-state index < -0.39 is 0 Å². The van der Waals surface area contributed by atoms with Gasteiger partial charge in [0.05, 0.1) is 19.0 Å². The molecule has 1 aromatic heterocycles. The third kappa shape index (κ3) is 5.45. The second-order valence-electron chi connectivity index (χ2n) is 8.15. The van der Waals surface area contributed by atoms with Gasteiger partial charge in [-0.2, -0.15) is 0 Å². The molecule has 0 aliphatic carbocycles. The molecule has 0 radical (unpaired) electrons. The Balaban J connectivity index is 1.34. The van der Waals surface area contributed by atoms with E-state index in [2.05, 4.69) is 32.2 Å². The summed E-state index contributed by atoms with van der Waals surface area (Å²) in [4.78, 5) is 21.8. The van der Waals surface area contributed by atoms with Gasteiger partial charge in [0.25, 0.3) is 5.91 Å². The SMILES string of the molecule is COc1ccccc1CN1CCCN(c2ccc(NC(=O)c3ccc(C)cc3)cn2)CC1. The summed E-state index contributed by atoms with van der Waals surface area (Å²) in [6, 6.07) is 19.7. The van der Waals surface area contributed by atoms with Crippen LogP contribution in [0.25, 0.3) is 0 Å². The van der Waals surface area contributed by atoms with Gasteiger partial charge in [0.15, 0.2) is 0 Å². The molecule has 32 heavy (non-hydrogen) atoms. The average molecular weight is 431 g/mol. The molecule has 0 unspecified atom stereocenters. The van der Waals surface area contributed by atoms with Gasteiger partial charge in [0.2, 0.25) is 0 Å². The van der Waals surface area contributed by atoms with E-state index in [1.54, 1.807) is 13.3 Å². The molecule has 1 fully saturated rings. The van der Waals surface area contributed by atoms with Crippen molar-refractivity contribution in [3.63, 3.8) is 0 Å². The summed E-state index contributed by atoms with van der Waals surface area (Å²) in [6.45, 7) is 6.77. The summed E-state index contributed by atoms with van der Waals surface area (Å²) < 4.78 is 5.50. The Morgan fingerprint density at radius 2 is 1.81 bits per heavy atom. The van der Waals surface area contributed by atoms with Gasteiger partial charge in [0, 0.05) is 43.9 Å². The molecule has 3 aromatic rings. The Labute approximate surface area is 189 Å². The van der Waals surface area contributed by atoms with Crippen molar-refractivity contribution in [1.29, 1.82) is 0 Å². The quantitative estimate of drug-likeness (QED) is 0.630. The van der Waals surface area contributed by atoms with Crippen molar-refractivity contribution in [1.82, 2.24) is 9.88 Å². The Hall–Kier alpha value is -3.38. The molecule has 1 N–H and O–H groups in total. The zero-order valence-electron chi connectivity index (χ0n) is 18.8. The monoisotopic (exact) mass is 430 g/mol. The highest BCUT2D eigenvalue weighted by molar-refractivity contribution is 6.04. The normalized spacial score (nSPS) is 14.6. The minimum absolute atomic E-state index is 0.124. The lowest BCUT2D eigenvalue weighted by atomic mass is 10.1. The molecule has 2 aromatic carbocycles. The van der Waals surface area contributed by atoms with E-state index in [0.717, 1.165) is 56.3 Å². The van der Waals surface area contributed by atoms with Crippen molar-refractivity contribution >= 4 is 17.4 Å². The smallest absolute Gasteiger partial charge is 0.255 e. The molecule has 0 saturated carbocycles. The van der Waals surface area contributed by atoms with Crippen molar-refractivity contribution in [3.8, 4) is 5.75 Å². The summed E-state index contributed by atoms with van der Waals surface area (Å²) in [7, 11) is 1.72. The molecule has 0 bridgehead atoms. The number of rotatable bonds is 6. The summed E-state index contributed by atoms with van der Waals surface area (Å²) in [5.41, 5.74) is 3.69. The van der Waals surface area contributed by atoms with Crippen LogP contribution in [0.4, 0.5) is 11.5 Å². The Morgan fingerprint density at radius 1 is 1.00 bits per heavy atom. The fourth-order valence-electron chi connectivity index (χ4n) is 3.99. The summed E-state index contributed by atoms with van der Waals surface area (Å²) in [5.74, 6) is 1.76. The van der Waals surface area contributed by atoms with E-state index in [4.69, 9.17) is 4.74 Å². The Bertz CT molecular complexity index is 1030. The van der Waals surface area contributed by atoms with Gasteiger partial charge in [-0.25, -0.2) is 4.98 Å². The molecule has 1 amide bonds. The third-order valence-corrected chi connectivity index (χ3v) is 5.82. The minimum Gasteiger partial charge on any atom is -0.496 e. The highest BCUT2D eigenvalue weighted by Crippen LogP contribution is 2.21. The van der Waals surface area contributed by atoms with Crippen molar-refractivity contribution in [3.05, 3.63) is 83.6 Å². The van der Waals surface area contributed by atoms with E-state index in [1.807, 2.05) is 55.5 Å². The molecule has 166 valence electrons. The highest BCUT2D eigenvalue weighted by Gasteiger charge is 2.17. The van der Waals surface area contributed by atoms with Crippen LogP contribution in [0.3, 0.4) is 0 Å². The molecule has 1 aliphatic heterocycles. The van der Waals surface area contributed by atoms with Gasteiger partial charge in [-0.1, -0.05) is 35.9 Å². The molecule has 6 heteroatoms. The van der Waals surface area contributed by atoms with Gasteiger partial charge in [0.1, 0.15) is 11.6 Å². The van der Waals surface area contributed by atoms with Crippen molar-refractivity contribution < 1.29 is 9.53 Å². The summed E-state index contributed by atoms with van der Waals surface area (Å²) in [6.07, 6.45) is 2.81. The van der Waals surface area contributed by atoms with Crippen LogP contribution >= 0.6 is 0 Å². The maximum Gasteiger partial charge on any atom is 0.255 e. The fraction of sp³-hybridized carbons (Fsp3) is 0.308. The number of para-hydroxylation sites is 1. The first-order valence-corrected chi connectivity index (χ1v) is 11.1. The van der Waals surface area contributed by atoms with Crippen LogP contribution in [0.2, 0.25) is 0 Å².